The fraction of sp³-hybridized carbons (Fsp3) is 0.409. The number of hydrogen-bond donors (Lipinski definition) is 3. The van der Waals surface area contributed by atoms with E-state index in [1.54, 1.807) is 47.6 Å². The van der Waals surface area contributed by atoms with Crippen molar-refractivity contribution >= 4 is 17.5 Å². The zero-order chi connectivity index (χ0) is 21.7. The molecular formula is C22H28N4O4. The molecule has 1 aliphatic rings. The molecule has 1 aromatic carbocycles. The molecule has 3 rings (SSSR count). The number of fused-ring (bicyclic) bond motifs is 1. The first-order valence-electron chi connectivity index (χ1n) is 10.0. The van der Waals surface area contributed by atoms with Crippen LogP contribution < -0.4 is 15.4 Å². The Kier molecular flexibility index (Phi) is 7.02. The van der Waals surface area contributed by atoms with Crippen LogP contribution in [0.25, 0.3) is 0 Å². The second-order valence-electron chi connectivity index (χ2n) is 7.58. The van der Waals surface area contributed by atoms with Gasteiger partial charge >= 0.3 is 0 Å². The Morgan fingerprint density at radius 1 is 1.33 bits per heavy atom. The van der Waals surface area contributed by atoms with E-state index in [1.807, 2.05) is 20.9 Å². The molecule has 0 bridgehead atoms. The number of aliphatic hydroxyl groups is 1. The van der Waals surface area contributed by atoms with Gasteiger partial charge in [0.1, 0.15) is 11.9 Å². The summed E-state index contributed by atoms with van der Waals surface area (Å²) in [4.78, 5) is 31.4. The van der Waals surface area contributed by atoms with E-state index >= 15 is 0 Å². The van der Waals surface area contributed by atoms with E-state index in [1.165, 1.54) is 0 Å². The number of benzene rings is 1. The lowest BCUT2D eigenvalue weighted by Gasteiger charge is -2.37. The molecule has 1 aromatic heterocycles. The first-order valence-corrected chi connectivity index (χ1v) is 10.0. The van der Waals surface area contributed by atoms with Gasteiger partial charge < -0.3 is 25.4 Å². The van der Waals surface area contributed by atoms with E-state index < -0.39 is 0 Å². The van der Waals surface area contributed by atoms with Crippen LogP contribution in [0.15, 0.2) is 42.7 Å². The van der Waals surface area contributed by atoms with Gasteiger partial charge in [0.2, 0.25) is 0 Å². The standard InChI is InChI=1S/C22H28N4O4/c1-14-12-26(15(2)13-27)22(29)18-10-17(4-5-19(18)30-20(14)11-23-3)25-21(28)16-6-8-24-9-7-16/h4-10,14-15,20,23,27H,11-13H2,1-3H3,(H,25,28)/t14-,15+,20+/m1/s1. The summed E-state index contributed by atoms with van der Waals surface area (Å²) in [6.07, 6.45) is 2.95. The molecule has 30 heavy (non-hydrogen) atoms. The average Bonchev–Trinajstić information content (AvgIpc) is 2.76. The number of nitrogens with one attached hydrogen (secondary N) is 2. The van der Waals surface area contributed by atoms with Gasteiger partial charge in [0.25, 0.3) is 11.8 Å². The van der Waals surface area contributed by atoms with Crippen molar-refractivity contribution in [3.63, 3.8) is 0 Å². The molecule has 2 heterocycles. The number of aliphatic hydroxyl groups excluding tert-OH is 1. The van der Waals surface area contributed by atoms with E-state index in [9.17, 15) is 14.7 Å². The largest absolute Gasteiger partial charge is 0.488 e. The van der Waals surface area contributed by atoms with Gasteiger partial charge in [-0.1, -0.05) is 6.92 Å². The number of pyridine rings is 1. The molecule has 8 heteroatoms. The molecule has 3 N–H and O–H groups in total. The zero-order valence-electron chi connectivity index (χ0n) is 17.5. The maximum Gasteiger partial charge on any atom is 0.258 e. The number of carbonyl (C=O) groups excluding carboxylic acids is 2. The third-order valence-electron chi connectivity index (χ3n) is 5.27. The molecule has 2 aromatic rings. The average molecular weight is 412 g/mol. The van der Waals surface area contributed by atoms with Crippen LogP contribution in [-0.2, 0) is 0 Å². The minimum absolute atomic E-state index is 0.0645. The molecule has 3 atom stereocenters. The lowest BCUT2D eigenvalue weighted by Crippen LogP contribution is -2.49. The van der Waals surface area contributed by atoms with Gasteiger partial charge in [-0.05, 0) is 44.3 Å². The van der Waals surface area contributed by atoms with Crippen LogP contribution in [0.4, 0.5) is 5.69 Å². The van der Waals surface area contributed by atoms with Crippen molar-refractivity contribution in [2.45, 2.75) is 26.0 Å². The molecule has 0 aliphatic carbocycles. The zero-order valence-corrected chi connectivity index (χ0v) is 17.5. The number of aromatic nitrogens is 1. The highest BCUT2D eigenvalue weighted by Gasteiger charge is 2.32. The molecule has 0 saturated carbocycles. The van der Waals surface area contributed by atoms with Gasteiger partial charge in [-0.15, -0.1) is 0 Å². The highest BCUT2D eigenvalue weighted by Crippen LogP contribution is 2.30. The van der Waals surface area contributed by atoms with Crippen LogP contribution in [0, 0.1) is 5.92 Å². The maximum absolute atomic E-state index is 13.3. The quantitative estimate of drug-likeness (QED) is 0.668. The molecule has 160 valence electrons. The van der Waals surface area contributed by atoms with Crippen LogP contribution in [0.1, 0.15) is 34.6 Å². The number of anilines is 1. The minimum Gasteiger partial charge on any atom is -0.488 e. The SMILES string of the molecule is CNC[C@@H]1Oc2ccc(NC(=O)c3ccncc3)cc2C(=O)N([C@@H](C)CO)C[C@H]1C. The van der Waals surface area contributed by atoms with Crippen LogP contribution in [0.2, 0.25) is 0 Å². The van der Waals surface area contributed by atoms with E-state index in [0.29, 0.717) is 35.7 Å². The summed E-state index contributed by atoms with van der Waals surface area (Å²) in [5.74, 6) is -0.00128. The predicted octanol–water partition coefficient (Wildman–Crippen LogP) is 1.77. The van der Waals surface area contributed by atoms with Crippen molar-refractivity contribution in [1.29, 1.82) is 0 Å². The predicted molar refractivity (Wildman–Crippen MR) is 114 cm³/mol. The van der Waals surface area contributed by atoms with E-state index in [4.69, 9.17) is 4.74 Å². The van der Waals surface area contributed by atoms with Crippen LogP contribution >= 0.6 is 0 Å². The first-order chi connectivity index (χ1) is 14.4. The molecule has 0 spiro atoms. The van der Waals surface area contributed by atoms with Gasteiger partial charge in [-0.3, -0.25) is 14.6 Å². The Hall–Kier alpha value is -2.97. The summed E-state index contributed by atoms with van der Waals surface area (Å²) in [5.41, 5.74) is 1.32. The number of amides is 2. The van der Waals surface area contributed by atoms with E-state index in [0.717, 1.165) is 0 Å². The molecule has 0 fully saturated rings. The minimum atomic E-state index is -0.337. The third-order valence-corrected chi connectivity index (χ3v) is 5.27. The highest BCUT2D eigenvalue weighted by atomic mass is 16.5. The molecule has 8 nitrogen and oxygen atoms in total. The van der Waals surface area contributed by atoms with Gasteiger partial charge in [-0.25, -0.2) is 0 Å². The molecule has 1 aliphatic heterocycles. The Morgan fingerprint density at radius 2 is 2.07 bits per heavy atom. The number of hydrogen-bond acceptors (Lipinski definition) is 6. The van der Waals surface area contributed by atoms with Crippen molar-refractivity contribution in [2.75, 3.05) is 32.1 Å². The highest BCUT2D eigenvalue weighted by molar-refractivity contribution is 6.05. The maximum atomic E-state index is 13.3. The molecule has 2 amide bonds. The Bertz CT molecular complexity index is 890. The number of rotatable bonds is 6. The number of likely N-dealkylation sites (N-methyl/N-ethyl adjacent to an activating group) is 1. The topological polar surface area (TPSA) is 104 Å². The Morgan fingerprint density at radius 3 is 2.73 bits per heavy atom. The van der Waals surface area contributed by atoms with Crippen molar-refractivity contribution in [1.82, 2.24) is 15.2 Å². The summed E-state index contributed by atoms with van der Waals surface area (Å²) in [7, 11) is 1.85. The van der Waals surface area contributed by atoms with E-state index in [2.05, 4.69) is 15.6 Å². The smallest absolute Gasteiger partial charge is 0.258 e. The summed E-state index contributed by atoms with van der Waals surface area (Å²) >= 11 is 0. The first kappa shape index (κ1) is 21.7. The molecule has 0 saturated heterocycles. The number of nitrogens with zero attached hydrogens (tertiary/aromatic N) is 2. The lowest BCUT2D eigenvalue weighted by atomic mass is 9.99. The van der Waals surface area contributed by atoms with Crippen molar-refractivity contribution < 1.29 is 19.4 Å². The Labute approximate surface area is 176 Å². The number of carbonyl (C=O) groups is 2. The summed E-state index contributed by atoms with van der Waals surface area (Å²) < 4.78 is 6.17. The second kappa shape index (κ2) is 9.69. The van der Waals surface area contributed by atoms with Crippen molar-refractivity contribution in [3.05, 3.63) is 53.9 Å². The summed E-state index contributed by atoms with van der Waals surface area (Å²) in [6, 6.07) is 7.94. The van der Waals surface area contributed by atoms with Gasteiger partial charge in [-0.2, -0.15) is 0 Å². The molecule has 0 unspecified atom stereocenters. The van der Waals surface area contributed by atoms with Crippen molar-refractivity contribution in [3.8, 4) is 5.75 Å². The van der Waals surface area contributed by atoms with Gasteiger partial charge in [0.15, 0.2) is 0 Å². The Balaban J connectivity index is 1.95. The molecule has 0 radical (unpaired) electrons. The van der Waals surface area contributed by atoms with Gasteiger partial charge in [0.05, 0.1) is 18.2 Å². The monoisotopic (exact) mass is 412 g/mol. The van der Waals surface area contributed by atoms with Crippen LogP contribution in [0.5, 0.6) is 5.75 Å². The molecular weight excluding hydrogens is 384 g/mol. The summed E-state index contributed by atoms with van der Waals surface area (Å²) in [5, 5.41) is 15.6. The van der Waals surface area contributed by atoms with Gasteiger partial charge in [0, 0.05) is 42.7 Å². The summed E-state index contributed by atoms with van der Waals surface area (Å²) in [6.45, 7) is 4.79. The fourth-order valence-electron chi connectivity index (χ4n) is 3.45. The van der Waals surface area contributed by atoms with Crippen molar-refractivity contribution in [2.24, 2.45) is 5.92 Å². The van der Waals surface area contributed by atoms with Crippen LogP contribution in [0.3, 0.4) is 0 Å². The van der Waals surface area contributed by atoms with Crippen LogP contribution in [-0.4, -0.2) is 65.7 Å². The third kappa shape index (κ3) is 4.77. The normalized spacial score (nSPS) is 19.9. The fourth-order valence-corrected chi connectivity index (χ4v) is 3.45. The number of ether oxygens (including phenoxy) is 1. The second-order valence-corrected chi connectivity index (χ2v) is 7.58. The van der Waals surface area contributed by atoms with E-state index in [-0.39, 0.29) is 36.5 Å². The lowest BCUT2D eigenvalue weighted by molar-refractivity contribution is 0.0415.